The summed E-state index contributed by atoms with van der Waals surface area (Å²) >= 11 is 0. The first-order valence-electron chi connectivity index (χ1n) is 8.44. The maximum absolute atomic E-state index is 5.13. The lowest BCUT2D eigenvalue weighted by molar-refractivity contribution is 0.412. The van der Waals surface area contributed by atoms with Crippen molar-refractivity contribution in [3.63, 3.8) is 0 Å². The van der Waals surface area contributed by atoms with E-state index in [4.69, 9.17) is 9.51 Å². The Morgan fingerprint density at radius 1 is 1.09 bits per heavy atom. The zero-order valence-corrected chi connectivity index (χ0v) is 13.4. The fourth-order valence-corrected chi connectivity index (χ4v) is 3.64. The summed E-state index contributed by atoms with van der Waals surface area (Å²) in [5, 5.41) is 4.16. The maximum atomic E-state index is 5.13. The van der Waals surface area contributed by atoms with Crippen LogP contribution in [0.5, 0.6) is 0 Å². The third-order valence-corrected chi connectivity index (χ3v) is 5.16. The lowest BCUT2D eigenvalue weighted by Crippen LogP contribution is -2.23. The zero-order valence-electron chi connectivity index (χ0n) is 13.4. The van der Waals surface area contributed by atoms with Crippen molar-refractivity contribution in [2.45, 2.75) is 39.5 Å². The predicted octanol–water partition coefficient (Wildman–Crippen LogP) is 3.24. The van der Waals surface area contributed by atoms with Gasteiger partial charge >= 0.3 is 0 Å². The second-order valence-corrected chi connectivity index (χ2v) is 6.61. The summed E-state index contributed by atoms with van der Waals surface area (Å²) in [6.45, 7) is 6.71. The molecule has 0 aromatic carbocycles. The summed E-state index contributed by atoms with van der Waals surface area (Å²) in [6.07, 6.45) is 5.94. The Morgan fingerprint density at radius 2 is 1.91 bits per heavy atom. The van der Waals surface area contributed by atoms with E-state index in [1.807, 2.05) is 0 Å². The van der Waals surface area contributed by atoms with Gasteiger partial charge in [-0.15, -0.1) is 0 Å². The smallest absolute Gasteiger partial charge is 0.128 e. The molecule has 3 heterocycles. The van der Waals surface area contributed by atoms with Gasteiger partial charge in [-0.25, -0.2) is 4.98 Å². The number of rotatable bonds is 5. The van der Waals surface area contributed by atoms with Crippen LogP contribution in [0.15, 0.2) is 22.9 Å². The highest BCUT2D eigenvalue weighted by atomic mass is 16.5. The summed E-state index contributed by atoms with van der Waals surface area (Å²) in [7, 11) is 0. The van der Waals surface area contributed by atoms with Gasteiger partial charge in [0.05, 0.1) is 5.69 Å². The fraction of sp³-hybridized carbons (Fsp3) is 0.556. The molecule has 0 amide bonds. The Balaban J connectivity index is 1.57. The van der Waals surface area contributed by atoms with E-state index in [9.17, 15) is 0 Å². The van der Waals surface area contributed by atoms with Crippen LogP contribution in [0.25, 0.3) is 0 Å². The molecule has 1 saturated carbocycles. The minimum Gasteiger partial charge on any atom is -0.364 e. The molecule has 4 heteroatoms. The molecule has 1 saturated heterocycles. The van der Waals surface area contributed by atoms with E-state index in [1.165, 1.54) is 36.3 Å². The molecule has 0 spiro atoms. The zero-order chi connectivity index (χ0) is 15.1. The number of aromatic nitrogens is 2. The van der Waals surface area contributed by atoms with E-state index >= 15 is 0 Å². The van der Waals surface area contributed by atoms with Crippen molar-refractivity contribution in [3.05, 3.63) is 40.9 Å². The van der Waals surface area contributed by atoms with Crippen molar-refractivity contribution in [3.8, 4) is 0 Å². The lowest BCUT2D eigenvalue weighted by atomic mass is 10.0. The molecule has 1 aliphatic heterocycles. The van der Waals surface area contributed by atoms with Crippen LogP contribution >= 0.6 is 0 Å². The highest BCUT2D eigenvalue weighted by molar-refractivity contribution is 5.45. The quantitative estimate of drug-likeness (QED) is 0.849. The molecule has 2 fully saturated rings. The SMILES string of the molecule is CCc1conc1Cc1ccc(N2CC3CC3C2)nc1CC. The second kappa shape index (κ2) is 5.41. The molecule has 4 rings (SSSR count). The van der Waals surface area contributed by atoms with Gasteiger partial charge in [0, 0.05) is 30.8 Å². The topological polar surface area (TPSA) is 42.2 Å². The number of piperidine rings is 1. The van der Waals surface area contributed by atoms with E-state index in [-0.39, 0.29) is 0 Å². The van der Waals surface area contributed by atoms with Crippen LogP contribution in [-0.4, -0.2) is 23.2 Å². The lowest BCUT2D eigenvalue weighted by Gasteiger charge is -2.20. The van der Waals surface area contributed by atoms with Crippen molar-refractivity contribution in [2.24, 2.45) is 11.8 Å². The fourth-order valence-electron chi connectivity index (χ4n) is 3.64. The summed E-state index contributed by atoms with van der Waals surface area (Å²) in [5.74, 6) is 3.03. The van der Waals surface area contributed by atoms with Gasteiger partial charge in [0.25, 0.3) is 0 Å². The largest absolute Gasteiger partial charge is 0.364 e. The molecule has 2 unspecified atom stereocenters. The van der Waals surface area contributed by atoms with Crippen LogP contribution < -0.4 is 4.90 Å². The third kappa shape index (κ3) is 2.40. The third-order valence-electron chi connectivity index (χ3n) is 5.16. The Labute approximate surface area is 131 Å². The van der Waals surface area contributed by atoms with Crippen LogP contribution in [0.3, 0.4) is 0 Å². The molecule has 2 aliphatic rings. The second-order valence-electron chi connectivity index (χ2n) is 6.61. The molecule has 0 radical (unpaired) electrons. The van der Waals surface area contributed by atoms with Crippen LogP contribution in [0.2, 0.25) is 0 Å². The normalized spacial score (nSPS) is 22.9. The van der Waals surface area contributed by atoms with Crippen molar-refractivity contribution < 1.29 is 4.52 Å². The Bertz CT molecular complexity index is 669. The molecular formula is C18H23N3O. The summed E-state index contributed by atoms with van der Waals surface area (Å²) in [6, 6.07) is 4.42. The molecule has 1 aliphatic carbocycles. The first kappa shape index (κ1) is 13.8. The highest BCUT2D eigenvalue weighted by Crippen LogP contribution is 2.46. The van der Waals surface area contributed by atoms with Gasteiger partial charge in [-0.05, 0) is 42.7 Å². The average Bonchev–Trinajstić information content (AvgIpc) is 2.97. The van der Waals surface area contributed by atoms with E-state index < -0.39 is 0 Å². The predicted molar refractivity (Wildman–Crippen MR) is 86.1 cm³/mol. The van der Waals surface area contributed by atoms with E-state index in [1.54, 1.807) is 6.26 Å². The molecular weight excluding hydrogens is 274 g/mol. The standard InChI is InChI=1S/C18H23N3O/c1-3-12-11-22-20-17(12)8-13-5-6-18(19-16(13)4-2)21-9-14-7-15(14)10-21/h5-6,11,14-15H,3-4,7-10H2,1-2H3. The Kier molecular flexibility index (Phi) is 3.40. The molecule has 116 valence electrons. The molecule has 22 heavy (non-hydrogen) atoms. The first-order valence-corrected chi connectivity index (χ1v) is 8.44. The van der Waals surface area contributed by atoms with Crippen LogP contribution in [0.4, 0.5) is 5.82 Å². The maximum Gasteiger partial charge on any atom is 0.128 e. The number of nitrogens with zero attached hydrogens (tertiary/aromatic N) is 3. The average molecular weight is 297 g/mol. The molecule has 4 nitrogen and oxygen atoms in total. The van der Waals surface area contributed by atoms with Crippen molar-refractivity contribution >= 4 is 5.82 Å². The van der Waals surface area contributed by atoms with Crippen molar-refractivity contribution in [1.29, 1.82) is 0 Å². The number of aryl methyl sites for hydroxylation is 2. The number of anilines is 1. The monoisotopic (exact) mass is 297 g/mol. The minimum absolute atomic E-state index is 0.821. The van der Waals surface area contributed by atoms with Crippen molar-refractivity contribution in [2.75, 3.05) is 18.0 Å². The van der Waals surface area contributed by atoms with Crippen LogP contribution in [-0.2, 0) is 19.3 Å². The van der Waals surface area contributed by atoms with Gasteiger partial charge < -0.3 is 9.42 Å². The summed E-state index contributed by atoms with van der Waals surface area (Å²) in [5.41, 5.74) is 4.72. The van der Waals surface area contributed by atoms with Crippen molar-refractivity contribution in [1.82, 2.24) is 10.1 Å². The number of fused-ring (bicyclic) bond motifs is 1. The van der Waals surface area contributed by atoms with E-state index in [0.29, 0.717) is 0 Å². The first-order chi connectivity index (χ1) is 10.8. The molecule has 0 bridgehead atoms. The molecule has 0 N–H and O–H groups in total. The molecule has 2 aromatic heterocycles. The highest BCUT2D eigenvalue weighted by Gasteiger charge is 2.45. The van der Waals surface area contributed by atoms with Gasteiger partial charge in [0.15, 0.2) is 0 Å². The van der Waals surface area contributed by atoms with Crippen LogP contribution in [0, 0.1) is 11.8 Å². The molecule has 2 atom stereocenters. The van der Waals surface area contributed by atoms with Gasteiger partial charge in [-0.1, -0.05) is 25.1 Å². The molecule has 2 aromatic rings. The minimum atomic E-state index is 0.821. The van der Waals surface area contributed by atoms with Gasteiger partial charge in [-0.3, -0.25) is 0 Å². The Morgan fingerprint density at radius 3 is 2.64 bits per heavy atom. The van der Waals surface area contributed by atoms with Gasteiger partial charge in [0.1, 0.15) is 12.1 Å². The summed E-state index contributed by atoms with van der Waals surface area (Å²) in [4.78, 5) is 7.39. The summed E-state index contributed by atoms with van der Waals surface area (Å²) < 4.78 is 5.13. The Hall–Kier alpha value is -1.84. The number of hydrogen-bond acceptors (Lipinski definition) is 4. The van der Waals surface area contributed by atoms with Gasteiger partial charge in [0.2, 0.25) is 0 Å². The van der Waals surface area contributed by atoms with E-state index in [0.717, 1.165) is 42.6 Å². The van der Waals surface area contributed by atoms with E-state index in [2.05, 4.69) is 36.0 Å². The number of pyridine rings is 1. The van der Waals surface area contributed by atoms with Crippen LogP contribution in [0.1, 0.15) is 42.8 Å². The number of hydrogen-bond donors (Lipinski definition) is 0. The van der Waals surface area contributed by atoms with Gasteiger partial charge in [-0.2, -0.15) is 0 Å².